The van der Waals surface area contributed by atoms with Crippen LogP contribution in [0.5, 0.6) is 0 Å². The van der Waals surface area contributed by atoms with Crippen molar-refractivity contribution in [1.29, 1.82) is 0 Å². The van der Waals surface area contributed by atoms with Gasteiger partial charge in [0, 0.05) is 6.54 Å². The highest BCUT2D eigenvalue weighted by molar-refractivity contribution is 5.78. The average molecular weight is 260 g/mol. The van der Waals surface area contributed by atoms with E-state index in [1.165, 1.54) is 5.56 Å². The van der Waals surface area contributed by atoms with Crippen molar-refractivity contribution < 1.29 is 4.79 Å². The van der Waals surface area contributed by atoms with Crippen molar-refractivity contribution in [3.63, 3.8) is 0 Å². The molecule has 1 aliphatic carbocycles. The fourth-order valence-electron chi connectivity index (χ4n) is 2.28. The zero-order chi connectivity index (χ0) is 13.7. The fourth-order valence-corrected chi connectivity index (χ4v) is 2.28. The van der Waals surface area contributed by atoms with Gasteiger partial charge in [-0.2, -0.15) is 0 Å². The molecule has 1 aromatic rings. The standard InChI is InChI=1S/C16H24N2O/c1-2-3-13-4-6-14(7-5-13)10-15(19)18-12-16(11-17)8-9-16/h4-7H,2-3,8-12,17H2,1H3,(H,18,19). The molecule has 0 radical (unpaired) electrons. The Balaban J connectivity index is 1.78. The average Bonchev–Trinajstić information content (AvgIpc) is 3.20. The Morgan fingerprint density at radius 2 is 1.89 bits per heavy atom. The van der Waals surface area contributed by atoms with Crippen LogP contribution in [0.4, 0.5) is 0 Å². The lowest BCUT2D eigenvalue weighted by molar-refractivity contribution is -0.120. The van der Waals surface area contributed by atoms with Gasteiger partial charge in [0.15, 0.2) is 0 Å². The van der Waals surface area contributed by atoms with Crippen molar-refractivity contribution in [3.8, 4) is 0 Å². The monoisotopic (exact) mass is 260 g/mol. The molecule has 0 aromatic heterocycles. The van der Waals surface area contributed by atoms with Gasteiger partial charge in [-0.05, 0) is 42.3 Å². The predicted molar refractivity (Wildman–Crippen MR) is 77.9 cm³/mol. The van der Waals surface area contributed by atoms with Crippen LogP contribution in [0.15, 0.2) is 24.3 Å². The van der Waals surface area contributed by atoms with E-state index in [9.17, 15) is 4.79 Å². The van der Waals surface area contributed by atoms with Crippen LogP contribution in [-0.2, 0) is 17.6 Å². The summed E-state index contributed by atoms with van der Waals surface area (Å²) >= 11 is 0. The molecule has 0 saturated heterocycles. The molecule has 0 spiro atoms. The molecule has 104 valence electrons. The fraction of sp³-hybridized carbons (Fsp3) is 0.562. The van der Waals surface area contributed by atoms with Crippen LogP contribution in [-0.4, -0.2) is 19.0 Å². The van der Waals surface area contributed by atoms with Gasteiger partial charge >= 0.3 is 0 Å². The maximum atomic E-state index is 11.9. The summed E-state index contributed by atoms with van der Waals surface area (Å²) < 4.78 is 0. The molecule has 1 fully saturated rings. The Labute approximate surface area is 115 Å². The molecule has 0 aliphatic heterocycles. The van der Waals surface area contributed by atoms with Crippen LogP contribution in [0.1, 0.15) is 37.3 Å². The lowest BCUT2D eigenvalue weighted by atomic mass is 10.1. The first kappa shape index (κ1) is 14.1. The van der Waals surface area contributed by atoms with E-state index >= 15 is 0 Å². The van der Waals surface area contributed by atoms with Crippen LogP contribution in [0.2, 0.25) is 0 Å². The molecule has 2 rings (SSSR count). The van der Waals surface area contributed by atoms with Gasteiger partial charge in [-0.25, -0.2) is 0 Å². The predicted octanol–water partition coefficient (Wildman–Crippen LogP) is 2.04. The number of amides is 1. The van der Waals surface area contributed by atoms with E-state index in [0.29, 0.717) is 13.0 Å². The Bertz CT molecular complexity index is 421. The normalized spacial score (nSPS) is 16.1. The Kier molecular flexibility index (Phi) is 4.59. The number of hydrogen-bond acceptors (Lipinski definition) is 2. The van der Waals surface area contributed by atoms with Crippen molar-refractivity contribution >= 4 is 5.91 Å². The van der Waals surface area contributed by atoms with Crippen molar-refractivity contribution in [3.05, 3.63) is 35.4 Å². The zero-order valence-electron chi connectivity index (χ0n) is 11.7. The van der Waals surface area contributed by atoms with Crippen LogP contribution >= 0.6 is 0 Å². The summed E-state index contributed by atoms with van der Waals surface area (Å²) in [5.41, 5.74) is 8.33. The Morgan fingerprint density at radius 3 is 2.42 bits per heavy atom. The largest absolute Gasteiger partial charge is 0.355 e. The minimum absolute atomic E-state index is 0.1000. The number of carbonyl (C=O) groups excluding carboxylic acids is 1. The summed E-state index contributed by atoms with van der Waals surface area (Å²) in [6, 6.07) is 8.35. The van der Waals surface area contributed by atoms with Gasteiger partial charge in [-0.1, -0.05) is 37.6 Å². The van der Waals surface area contributed by atoms with E-state index in [1.54, 1.807) is 0 Å². The summed E-state index contributed by atoms with van der Waals surface area (Å²) in [5.74, 6) is 0.1000. The number of nitrogens with two attached hydrogens (primary N) is 1. The van der Waals surface area contributed by atoms with E-state index in [0.717, 1.165) is 37.8 Å². The highest BCUT2D eigenvalue weighted by atomic mass is 16.1. The number of benzene rings is 1. The van der Waals surface area contributed by atoms with E-state index < -0.39 is 0 Å². The zero-order valence-corrected chi connectivity index (χ0v) is 11.7. The molecule has 0 atom stereocenters. The van der Waals surface area contributed by atoms with E-state index in [-0.39, 0.29) is 11.3 Å². The van der Waals surface area contributed by atoms with Crippen LogP contribution in [0, 0.1) is 5.41 Å². The maximum Gasteiger partial charge on any atom is 0.224 e. The van der Waals surface area contributed by atoms with Crippen molar-refractivity contribution in [2.24, 2.45) is 11.1 Å². The molecule has 1 aromatic carbocycles. The molecule has 3 heteroatoms. The first-order chi connectivity index (χ1) is 9.17. The third-order valence-electron chi connectivity index (χ3n) is 3.98. The third kappa shape index (κ3) is 4.06. The van der Waals surface area contributed by atoms with Crippen molar-refractivity contribution in [2.45, 2.75) is 39.0 Å². The first-order valence-corrected chi connectivity index (χ1v) is 7.22. The lowest BCUT2D eigenvalue weighted by Crippen LogP contribution is -2.34. The van der Waals surface area contributed by atoms with Crippen molar-refractivity contribution in [1.82, 2.24) is 5.32 Å². The maximum absolute atomic E-state index is 11.9. The molecule has 1 aliphatic rings. The molecule has 19 heavy (non-hydrogen) atoms. The summed E-state index contributed by atoms with van der Waals surface area (Å²) in [6.07, 6.45) is 5.02. The number of rotatable bonds is 7. The molecule has 1 amide bonds. The van der Waals surface area contributed by atoms with E-state index in [1.807, 2.05) is 0 Å². The molecule has 0 heterocycles. The van der Waals surface area contributed by atoms with Gasteiger partial charge in [0.2, 0.25) is 5.91 Å². The molecule has 1 saturated carbocycles. The lowest BCUT2D eigenvalue weighted by Gasteiger charge is -2.13. The van der Waals surface area contributed by atoms with Crippen LogP contribution in [0.25, 0.3) is 0 Å². The van der Waals surface area contributed by atoms with Gasteiger partial charge in [-0.3, -0.25) is 4.79 Å². The molecule has 0 unspecified atom stereocenters. The molecule has 3 nitrogen and oxygen atoms in total. The molecule has 0 bridgehead atoms. The highest BCUT2D eigenvalue weighted by Gasteiger charge is 2.41. The van der Waals surface area contributed by atoms with E-state index in [4.69, 9.17) is 5.73 Å². The second kappa shape index (κ2) is 6.20. The molecule has 3 N–H and O–H groups in total. The highest BCUT2D eigenvalue weighted by Crippen LogP contribution is 2.43. The summed E-state index contributed by atoms with van der Waals surface area (Å²) in [5, 5.41) is 3.01. The number of nitrogens with one attached hydrogen (secondary N) is 1. The van der Waals surface area contributed by atoms with Gasteiger partial charge in [0.25, 0.3) is 0 Å². The summed E-state index contributed by atoms with van der Waals surface area (Å²) in [6.45, 7) is 3.59. The quantitative estimate of drug-likeness (QED) is 0.788. The van der Waals surface area contributed by atoms with Gasteiger partial charge in [0.1, 0.15) is 0 Å². The second-order valence-electron chi connectivity index (χ2n) is 5.72. The Morgan fingerprint density at radius 1 is 1.26 bits per heavy atom. The summed E-state index contributed by atoms with van der Waals surface area (Å²) in [7, 11) is 0. The van der Waals surface area contributed by atoms with Gasteiger partial charge in [0.05, 0.1) is 6.42 Å². The smallest absolute Gasteiger partial charge is 0.224 e. The molecular formula is C16H24N2O. The number of carbonyl (C=O) groups is 1. The van der Waals surface area contributed by atoms with Crippen LogP contribution < -0.4 is 11.1 Å². The topological polar surface area (TPSA) is 55.1 Å². The number of hydrogen-bond donors (Lipinski definition) is 2. The Hall–Kier alpha value is -1.35. The van der Waals surface area contributed by atoms with E-state index in [2.05, 4.69) is 36.5 Å². The SMILES string of the molecule is CCCc1ccc(CC(=O)NCC2(CN)CC2)cc1. The van der Waals surface area contributed by atoms with Gasteiger partial charge in [-0.15, -0.1) is 0 Å². The third-order valence-corrected chi connectivity index (χ3v) is 3.98. The minimum Gasteiger partial charge on any atom is -0.355 e. The number of aryl methyl sites for hydroxylation is 1. The molecular weight excluding hydrogens is 236 g/mol. The van der Waals surface area contributed by atoms with Gasteiger partial charge < -0.3 is 11.1 Å². The summed E-state index contributed by atoms with van der Waals surface area (Å²) in [4.78, 5) is 11.9. The second-order valence-corrected chi connectivity index (χ2v) is 5.72. The first-order valence-electron chi connectivity index (χ1n) is 7.22. The van der Waals surface area contributed by atoms with Crippen LogP contribution in [0.3, 0.4) is 0 Å². The van der Waals surface area contributed by atoms with Crippen molar-refractivity contribution in [2.75, 3.05) is 13.1 Å². The minimum atomic E-state index is 0.1000.